The summed E-state index contributed by atoms with van der Waals surface area (Å²) in [6.45, 7) is 1.57. The Balaban J connectivity index is 1.96. The van der Waals surface area contributed by atoms with Crippen LogP contribution in [0.5, 0.6) is 0 Å². The van der Waals surface area contributed by atoms with Crippen molar-refractivity contribution in [3.8, 4) is 0 Å². The van der Waals surface area contributed by atoms with Gasteiger partial charge in [0.25, 0.3) is 0 Å². The Morgan fingerprint density at radius 1 is 1.00 bits per heavy atom. The molecule has 0 bridgehead atoms. The van der Waals surface area contributed by atoms with E-state index in [0.717, 1.165) is 15.9 Å². The standard InChI is InChI=1S/C24H22N2O5/c1-2-21(27)31-26-19(14-13-17-9-5-3-6-10-17)15-20(25)22(23(26)28)24(29)30-16-18-11-7-4-8-12-18/h3-15H,2,16,25H2,1H3. The molecule has 0 atom stereocenters. The molecule has 0 aliphatic heterocycles. The summed E-state index contributed by atoms with van der Waals surface area (Å²) in [6.07, 6.45) is 3.36. The number of ether oxygens (including phenoxy) is 1. The topological polar surface area (TPSA) is 101 Å². The first-order valence-electron chi connectivity index (χ1n) is 9.70. The van der Waals surface area contributed by atoms with Gasteiger partial charge in [0.15, 0.2) is 5.56 Å². The van der Waals surface area contributed by atoms with Crippen molar-refractivity contribution in [1.29, 1.82) is 0 Å². The molecular formula is C24H22N2O5. The van der Waals surface area contributed by atoms with Gasteiger partial charge in [0.2, 0.25) is 0 Å². The average molecular weight is 418 g/mol. The normalized spacial score (nSPS) is 10.7. The number of carbonyl (C=O) groups is 2. The summed E-state index contributed by atoms with van der Waals surface area (Å²) in [5, 5.41) is 0. The van der Waals surface area contributed by atoms with Gasteiger partial charge in [0.1, 0.15) is 6.61 Å². The summed E-state index contributed by atoms with van der Waals surface area (Å²) in [4.78, 5) is 42.6. The summed E-state index contributed by atoms with van der Waals surface area (Å²) in [5.74, 6) is -1.53. The van der Waals surface area contributed by atoms with E-state index in [1.807, 2.05) is 48.5 Å². The fraction of sp³-hybridized carbons (Fsp3) is 0.125. The second-order valence-corrected chi connectivity index (χ2v) is 6.62. The lowest BCUT2D eigenvalue weighted by atomic mass is 10.1. The lowest BCUT2D eigenvalue weighted by Crippen LogP contribution is -2.36. The van der Waals surface area contributed by atoms with Crippen LogP contribution >= 0.6 is 0 Å². The average Bonchev–Trinajstić information content (AvgIpc) is 2.79. The van der Waals surface area contributed by atoms with E-state index in [2.05, 4.69) is 0 Å². The smallest absolute Gasteiger partial charge is 0.346 e. The highest BCUT2D eigenvalue weighted by Gasteiger charge is 2.22. The summed E-state index contributed by atoms with van der Waals surface area (Å²) < 4.78 is 6.01. The molecule has 0 amide bonds. The third-order valence-electron chi connectivity index (χ3n) is 4.37. The predicted octanol–water partition coefficient (Wildman–Crippen LogP) is 3.32. The van der Waals surface area contributed by atoms with Crippen molar-refractivity contribution in [2.45, 2.75) is 20.0 Å². The van der Waals surface area contributed by atoms with Crippen LogP contribution in [0.4, 0.5) is 5.69 Å². The molecule has 7 nitrogen and oxygen atoms in total. The SMILES string of the molecule is CCC(=O)On1c(C=Cc2ccccc2)cc(N)c(C(=O)OCc2ccccc2)c1=O. The number of nitrogen functional groups attached to an aromatic ring is 1. The number of esters is 1. The Morgan fingerprint density at radius 3 is 2.29 bits per heavy atom. The minimum atomic E-state index is -0.897. The number of nitrogens with two attached hydrogens (primary N) is 1. The number of pyridine rings is 1. The van der Waals surface area contributed by atoms with Gasteiger partial charge in [0, 0.05) is 6.42 Å². The Kier molecular flexibility index (Phi) is 7.01. The van der Waals surface area contributed by atoms with Crippen LogP contribution in [-0.2, 0) is 16.1 Å². The molecular weight excluding hydrogens is 396 g/mol. The number of hydrogen-bond acceptors (Lipinski definition) is 6. The van der Waals surface area contributed by atoms with Gasteiger partial charge >= 0.3 is 17.5 Å². The van der Waals surface area contributed by atoms with E-state index in [1.165, 1.54) is 6.07 Å². The zero-order chi connectivity index (χ0) is 22.2. The van der Waals surface area contributed by atoms with E-state index < -0.39 is 23.1 Å². The zero-order valence-corrected chi connectivity index (χ0v) is 17.0. The fourth-order valence-electron chi connectivity index (χ4n) is 2.75. The maximum atomic E-state index is 13.0. The molecule has 0 saturated carbocycles. The van der Waals surface area contributed by atoms with Gasteiger partial charge in [-0.3, -0.25) is 4.79 Å². The number of rotatable bonds is 7. The first kappa shape index (κ1) is 21.6. The van der Waals surface area contributed by atoms with E-state index >= 15 is 0 Å². The van der Waals surface area contributed by atoms with Gasteiger partial charge in [0.05, 0.1) is 11.4 Å². The van der Waals surface area contributed by atoms with Crippen molar-refractivity contribution in [1.82, 2.24) is 4.73 Å². The van der Waals surface area contributed by atoms with E-state index in [-0.39, 0.29) is 24.4 Å². The Morgan fingerprint density at radius 2 is 1.65 bits per heavy atom. The Hall–Kier alpha value is -4.13. The van der Waals surface area contributed by atoms with Crippen LogP contribution in [0.15, 0.2) is 71.5 Å². The van der Waals surface area contributed by atoms with Gasteiger partial charge < -0.3 is 15.3 Å². The van der Waals surface area contributed by atoms with Gasteiger partial charge in [-0.25, -0.2) is 9.59 Å². The van der Waals surface area contributed by atoms with Gasteiger partial charge in [-0.1, -0.05) is 73.7 Å². The minimum absolute atomic E-state index is 0.0248. The maximum Gasteiger partial charge on any atom is 0.346 e. The van der Waals surface area contributed by atoms with Crippen molar-refractivity contribution in [3.05, 3.63) is 99.5 Å². The van der Waals surface area contributed by atoms with E-state index in [4.69, 9.17) is 15.3 Å². The van der Waals surface area contributed by atoms with Crippen molar-refractivity contribution in [3.63, 3.8) is 0 Å². The Labute approximate surface area is 179 Å². The van der Waals surface area contributed by atoms with Crippen LogP contribution in [0.3, 0.4) is 0 Å². The lowest BCUT2D eigenvalue weighted by Gasteiger charge is -2.13. The van der Waals surface area contributed by atoms with E-state index in [0.29, 0.717) is 0 Å². The van der Waals surface area contributed by atoms with Crippen LogP contribution < -0.4 is 16.1 Å². The maximum absolute atomic E-state index is 13.0. The van der Waals surface area contributed by atoms with Crippen LogP contribution in [0.2, 0.25) is 0 Å². The highest BCUT2D eigenvalue weighted by molar-refractivity contribution is 5.95. The molecule has 3 aromatic rings. The second-order valence-electron chi connectivity index (χ2n) is 6.62. The largest absolute Gasteiger partial charge is 0.457 e. The van der Waals surface area contributed by atoms with Gasteiger partial charge in [-0.05, 0) is 23.3 Å². The monoisotopic (exact) mass is 418 g/mol. The first-order valence-corrected chi connectivity index (χ1v) is 9.70. The molecule has 1 heterocycles. The lowest BCUT2D eigenvalue weighted by molar-refractivity contribution is -0.144. The predicted molar refractivity (Wildman–Crippen MR) is 118 cm³/mol. The highest BCUT2D eigenvalue weighted by atomic mass is 16.7. The second kappa shape index (κ2) is 10.1. The van der Waals surface area contributed by atoms with E-state index in [1.54, 1.807) is 31.2 Å². The number of nitrogens with zero attached hydrogens (tertiary/aromatic N) is 1. The summed E-state index contributed by atoms with van der Waals surface area (Å²) in [5.41, 5.74) is 6.52. The number of carbonyl (C=O) groups excluding carboxylic acids is 2. The number of benzene rings is 2. The van der Waals surface area contributed by atoms with Gasteiger partial charge in [-0.2, -0.15) is 0 Å². The molecule has 2 N–H and O–H groups in total. The zero-order valence-electron chi connectivity index (χ0n) is 17.0. The van der Waals surface area contributed by atoms with Crippen molar-refractivity contribution < 1.29 is 19.2 Å². The fourth-order valence-corrected chi connectivity index (χ4v) is 2.75. The third kappa shape index (κ3) is 5.48. The van der Waals surface area contributed by atoms with Crippen molar-refractivity contribution >= 4 is 29.8 Å². The first-order chi connectivity index (χ1) is 15.0. The molecule has 0 aliphatic carbocycles. The molecule has 158 valence electrons. The Bertz CT molecular complexity index is 1150. The molecule has 0 saturated heterocycles. The molecule has 2 aromatic carbocycles. The highest BCUT2D eigenvalue weighted by Crippen LogP contribution is 2.15. The molecule has 0 fully saturated rings. The van der Waals surface area contributed by atoms with Crippen LogP contribution in [0, 0.1) is 0 Å². The molecule has 0 aliphatic rings. The van der Waals surface area contributed by atoms with Crippen molar-refractivity contribution in [2.24, 2.45) is 0 Å². The molecule has 3 rings (SSSR count). The molecule has 0 unspecified atom stereocenters. The number of anilines is 1. The molecule has 0 radical (unpaired) electrons. The summed E-state index contributed by atoms with van der Waals surface area (Å²) in [7, 11) is 0. The van der Waals surface area contributed by atoms with Crippen molar-refractivity contribution in [2.75, 3.05) is 5.73 Å². The molecule has 1 aromatic heterocycles. The summed E-state index contributed by atoms with van der Waals surface area (Å²) >= 11 is 0. The number of hydrogen-bond donors (Lipinski definition) is 1. The summed E-state index contributed by atoms with van der Waals surface area (Å²) in [6, 6.07) is 19.8. The molecule has 31 heavy (non-hydrogen) atoms. The number of aromatic nitrogens is 1. The van der Waals surface area contributed by atoms with Gasteiger partial charge in [-0.15, -0.1) is 4.73 Å². The minimum Gasteiger partial charge on any atom is -0.457 e. The van der Waals surface area contributed by atoms with Crippen LogP contribution in [-0.4, -0.2) is 16.7 Å². The quantitative estimate of drug-likeness (QED) is 0.591. The molecule has 0 spiro atoms. The third-order valence-corrected chi connectivity index (χ3v) is 4.37. The molecule has 7 heteroatoms. The van der Waals surface area contributed by atoms with Crippen LogP contribution in [0.25, 0.3) is 12.2 Å². The van der Waals surface area contributed by atoms with E-state index in [9.17, 15) is 14.4 Å². The van der Waals surface area contributed by atoms with Crippen LogP contribution in [0.1, 0.15) is 40.5 Å².